The molecule has 0 bridgehead atoms. The van der Waals surface area contributed by atoms with E-state index in [1.807, 2.05) is 49.8 Å². The van der Waals surface area contributed by atoms with Crippen molar-refractivity contribution in [2.75, 3.05) is 17.7 Å². The number of urea groups is 1. The van der Waals surface area contributed by atoms with Crippen LogP contribution in [0.3, 0.4) is 0 Å². The van der Waals surface area contributed by atoms with Crippen LogP contribution in [0.4, 0.5) is 16.2 Å². The van der Waals surface area contributed by atoms with E-state index in [4.69, 9.17) is 9.84 Å². The lowest BCUT2D eigenvalue weighted by Crippen LogP contribution is -2.22. The fourth-order valence-electron chi connectivity index (χ4n) is 3.91. The summed E-state index contributed by atoms with van der Waals surface area (Å²) in [6.07, 6.45) is 6.57. The molecule has 5 rings (SSSR count). The van der Waals surface area contributed by atoms with Crippen LogP contribution in [0.5, 0.6) is 11.5 Å². The van der Waals surface area contributed by atoms with Crippen molar-refractivity contribution >= 4 is 34.2 Å². The molecule has 202 valence electrons. The van der Waals surface area contributed by atoms with Gasteiger partial charge in [-0.1, -0.05) is 6.07 Å². The molecule has 0 fully saturated rings. The van der Waals surface area contributed by atoms with Crippen LogP contribution in [0.15, 0.2) is 79.5 Å². The topological polar surface area (TPSA) is 136 Å². The highest BCUT2D eigenvalue weighted by molar-refractivity contribution is 6.02. The van der Waals surface area contributed by atoms with Gasteiger partial charge in [0.2, 0.25) is 0 Å². The standard InChI is InChI=1S/C29H28N8O3/c1-29(2,3)37-16-25(26(36-37)18-5-10-23-19(13-18)15-31-17-33-23)35-28(39)34-20-6-8-21(9-7-20)40-22-11-12-32-24(14-22)27(38)30-4/h5-17H,1-4H3,(H,30,38)(H2,34,35,39). The summed E-state index contributed by atoms with van der Waals surface area (Å²) in [4.78, 5) is 37.2. The van der Waals surface area contributed by atoms with E-state index in [0.29, 0.717) is 28.6 Å². The zero-order chi connectivity index (χ0) is 28.3. The van der Waals surface area contributed by atoms with Gasteiger partial charge in [0, 0.05) is 48.3 Å². The normalized spacial score (nSPS) is 11.2. The Morgan fingerprint density at radius 3 is 2.48 bits per heavy atom. The monoisotopic (exact) mass is 536 g/mol. The van der Waals surface area contributed by atoms with Crippen molar-refractivity contribution < 1.29 is 14.3 Å². The van der Waals surface area contributed by atoms with Gasteiger partial charge in [0.15, 0.2) is 0 Å². The lowest BCUT2D eigenvalue weighted by molar-refractivity contribution is 0.0957. The average Bonchev–Trinajstić information content (AvgIpc) is 3.38. The maximum atomic E-state index is 13.0. The largest absolute Gasteiger partial charge is 0.457 e. The molecule has 40 heavy (non-hydrogen) atoms. The summed E-state index contributed by atoms with van der Waals surface area (Å²) in [7, 11) is 1.54. The summed E-state index contributed by atoms with van der Waals surface area (Å²) in [6.45, 7) is 6.12. The molecular weight excluding hydrogens is 508 g/mol. The second-order valence-corrected chi connectivity index (χ2v) is 9.96. The Morgan fingerprint density at radius 1 is 0.925 bits per heavy atom. The van der Waals surface area contributed by atoms with E-state index in [9.17, 15) is 9.59 Å². The smallest absolute Gasteiger partial charge is 0.323 e. The first-order chi connectivity index (χ1) is 19.2. The number of hydrogen-bond acceptors (Lipinski definition) is 7. The minimum Gasteiger partial charge on any atom is -0.457 e. The number of ether oxygens (including phenoxy) is 1. The number of nitrogens with zero attached hydrogens (tertiary/aromatic N) is 5. The predicted molar refractivity (Wildman–Crippen MR) is 153 cm³/mol. The van der Waals surface area contributed by atoms with Gasteiger partial charge in [0.25, 0.3) is 5.91 Å². The number of amides is 3. The first-order valence-electron chi connectivity index (χ1n) is 12.5. The lowest BCUT2D eigenvalue weighted by atomic mass is 10.1. The van der Waals surface area contributed by atoms with Crippen LogP contribution in [0.1, 0.15) is 31.3 Å². The van der Waals surface area contributed by atoms with E-state index >= 15 is 0 Å². The van der Waals surface area contributed by atoms with Crippen LogP contribution in [-0.2, 0) is 5.54 Å². The van der Waals surface area contributed by atoms with Crippen molar-refractivity contribution in [1.29, 1.82) is 0 Å². The minimum absolute atomic E-state index is 0.251. The fraction of sp³-hybridized carbons (Fsp3) is 0.172. The zero-order valence-corrected chi connectivity index (χ0v) is 22.5. The van der Waals surface area contributed by atoms with Crippen molar-refractivity contribution in [3.8, 4) is 22.8 Å². The summed E-state index contributed by atoms with van der Waals surface area (Å²) >= 11 is 0. The number of pyridine rings is 1. The molecule has 0 atom stereocenters. The Hall–Kier alpha value is -5.32. The molecule has 11 nitrogen and oxygen atoms in total. The molecule has 0 saturated carbocycles. The number of fused-ring (bicyclic) bond motifs is 1. The van der Waals surface area contributed by atoms with Gasteiger partial charge in [-0.15, -0.1) is 0 Å². The number of carbonyl (C=O) groups excluding carboxylic acids is 2. The first kappa shape index (κ1) is 26.3. The summed E-state index contributed by atoms with van der Waals surface area (Å²) in [5.41, 5.74) is 3.37. The molecule has 3 aromatic heterocycles. The number of anilines is 2. The van der Waals surface area contributed by atoms with Crippen LogP contribution in [0.25, 0.3) is 22.2 Å². The van der Waals surface area contributed by atoms with E-state index in [1.54, 1.807) is 42.6 Å². The van der Waals surface area contributed by atoms with Crippen molar-refractivity contribution in [3.63, 3.8) is 0 Å². The second kappa shape index (κ2) is 10.8. The van der Waals surface area contributed by atoms with E-state index in [2.05, 4.69) is 30.9 Å². The van der Waals surface area contributed by atoms with Gasteiger partial charge in [-0.05, 0) is 63.2 Å². The van der Waals surface area contributed by atoms with Crippen LogP contribution < -0.4 is 20.7 Å². The van der Waals surface area contributed by atoms with Crippen molar-refractivity contribution in [3.05, 3.63) is 85.2 Å². The molecule has 0 radical (unpaired) electrons. The van der Waals surface area contributed by atoms with Gasteiger partial charge in [-0.2, -0.15) is 5.10 Å². The van der Waals surface area contributed by atoms with Gasteiger partial charge in [-0.25, -0.2) is 14.8 Å². The van der Waals surface area contributed by atoms with Gasteiger partial charge in [0.1, 0.15) is 29.2 Å². The third-order valence-corrected chi connectivity index (χ3v) is 5.97. The van der Waals surface area contributed by atoms with Crippen LogP contribution in [0.2, 0.25) is 0 Å². The second-order valence-electron chi connectivity index (χ2n) is 9.96. The predicted octanol–water partition coefficient (Wildman–Crippen LogP) is 5.44. The number of carbonyl (C=O) groups is 2. The van der Waals surface area contributed by atoms with Crippen molar-refractivity contribution in [2.24, 2.45) is 0 Å². The first-order valence-corrected chi connectivity index (χ1v) is 12.5. The Balaban J connectivity index is 1.31. The Kier molecular flexibility index (Phi) is 7.11. The third-order valence-electron chi connectivity index (χ3n) is 5.97. The third kappa shape index (κ3) is 5.88. The Labute approximate surface area is 230 Å². The number of hydrogen-bond donors (Lipinski definition) is 3. The van der Waals surface area contributed by atoms with Crippen molar-refractivity contribution in [1.82, 2.24) is 30.0 Å². The summed E-state index contributed by atoms with van der Waals surface area (Å²) in [5.74, 6) is 0.701. The molecule has 3 heterocycles. The molecule has 5 aromatic rings. The Bertz CT molecular complexity index is 1690. The van der Waals surface area contributed by atoms with Crippen LogP contribution in [-0.4, -0.2) is 43.7 Å². The van der Waals surface area contributed by atoms with Gasteiger partial charge in [-0.3, -0.25) is 14.5 Å². The van der Waals surface area contributed by atoms with Gasteiger partial charge in [0.05, 0.1) is 16.7 Å². The molecule has 0 spiro atoms. The summed E-state index contributed by atoms with van der Waals surface area (Å²) in [6, 6.07) is 15.4. The molecule has 3 N–H and O–H groups in total. The molecule has 3 amide bonds. The van der Waals surface area contributed by atoms with E-state index in [-0.39, 0.29) is 17.1 Å². The summed E-state index contributed by atoms with van der Waals surface area (Å²) in [5, 5.41) is 14.0. The fourth-order valence-corrected chi connectivity index (χ4v) is 3.91. The molecule has 0 unspecified atom stereocenters. The van der Waals surface area contributed by atoms with E-state index < -0.39 is 6.03 Å². The maximum absolute atomic E-state index is 13.0. The number of aromatic nitrogens is 5. The molecule has 0 aliphatic rings. The van der Waals surface area contributed by atoms with Crippen LogP contribution >= 0.6 is 0 Å². The zero-order valence-electron chi connectivity index (χ0n) is 22.5. The van der Waals surface area contributed by atoms with Gasteiger partial charge < -0.3 is 20.7 Å². The Morgan fingerprint density at radius 2 is 1.73 bits per heavy atom. The molecule has 0 aliphatic heterocycles. The molecule has 0 saturated heterocycles. The van der Waals surface area contributed by atoms with E-state index in [1.165, 1.54) is 19.6 Å². The minimum atomic E-state index is -0.420. The quantitative estimate of drug-likeness (QED) is 0.263. The molecule has 0 aliphatic carbocycles. The maximum Gasteiger partial charge on any atom is 0.323 e. The highest BCUT2D eigenvalue weighted by Crippen LogP contribution is 2.31. The highest BCUT2D eigenvalue weighted by atomic mass is 16.5. The molecular formula is C29H28N8O3. The number of rotatable bonds is 6. The van der Waals surface area contributed by atoms with E-state index in [0.717, 1.165) is 16.5 Å². The molecule has 11 heteroatoms. The number of nitrogens with one attached hydrogen (secondary N) is 3. The average molecular weight is 537 g/mol. The SMILES string of the molecule is CNC(=O)c1cc(Oc2ccc(NC(=O)Nc3cn(C(C)(C)C)nc3-c3ccc4ncncc4c3)cc2)ccn1. The lowest BCUT2D eigenvalue weighted by Gasteiger charge is -2.18. The van der Waals surface area contributed by atoms with Crippen LogP contribution in [0, 0.1) is 0 Å². The summed E-state index contributed by atoms with van der Waals surface area (Å²) < 4.78 is 7.65. The highest BCUT2D eigenvalue weighted by Gasteiger charge is 2.21. The molecule has 2 aromatic carbocycles. The van der Waals surface area contributed by atoms with Gasteiger partial charge >= 0.3 is 6.03 Å². The number of benzene rings is 2. The van der Waals surface area contributed by atoms with Crippen molar-refractivity contribution in [2.45, 2.75) is 26.3 Å².